The first-order chi connectivity index (χ1) is 9.63. The predicted octanol–water partition coefficient (Wildman–Crippen LogP) is 3.52. The molecule has 20 heavy (non-hydrogen) atoms. The van der Waals surface area contributed by atoms with Crippen molar-refractivity contribution in [2.24, 2.45) is 0 Å². The number of hydrogen-bond donors (Lipinski definition) is 1. The molecule has 6 heteroatoms. The van der Waals surface area contributed by atoms with Gasteiger partial charge in [-0.05, 0) is 48.6 Å². The van der Waals surface area contributed by atoms with E-state index < -0.39 is 0 Å². The lowest BCUT2D eigenvalue weighted by Gasteiger charge is -2.08. The Balaban J connectivity index is 1.84. The van der Waals surface area contributed by atoms with Crippen molar-refractivity contribution in [2.75, 3.05) is 5.32 Å². The Kier molecular flexibility index (Phi) is 3.59. The molecule has 4 nitrogen and oxygen atoms in total. The highest BCUT2D eigenvalue weighted by atomic mass is 35.5. The first-order valence-electron chi connectivity index (χ1n) is 6.25. The summed E-state index contributed by atoms with van der Waals surface area (Å²) in [7, 11) is 0. The molecule has 1 heterocycles. The summed E-state index contributed by atoms with van der Waals surface area (Å²) in [5, 5.41) is 10.2. The predicted molar refractivity (Wildman–Crippen MR) is 78.5 cm³/mol. The quantitative estimate of drug-likeness (QED) is 0.923. The average molecular weight is 308 g/mol. The number of aromatic nitrogens is 2. The van der Waals surface area contributed by atoms with Gasteiger partial charge in [0.05, 0.1) is 5.56 Å². The molecule has 1 aromatic carbocycles. The maximum absolute atomic E-state index is 12.2. The second-order valence-corrected chi connectivity index (χ2v) is 5.41. The Morgan fingerprint density at radius 2 is 1.90 bits per heavy atom. The average Bonchev–Trinajstić information content (AvgIpc) is 2.89. The standard InChI is InChI=1S/C14H11Cl2N3O/c15-12-7-11(13(16)19-18-12)14(20)17-10-5-4-8-2-1-3-9(8)6-10/h4-7H,1-3H2,(H,17,20). The van der Waals surface area contributed by atoms with Gasteiger partial charge in [-0.1, -0.05) is 29.3 Å². The van der Waals surface area contributed by atoms with Crippen LogP contribution >= 0.6 is 23.2 Å². The van der Waals surface area contributed by atoms with E-state index in [-0.39, 0.29) is 21.8 Å². The van der Waals surface area contributed by atoms with Crippen LogP contribution in [0, 0.1) is 0 Å². The lowest BCUT2D eigenvalue weighted by molar-refractivity contribution is 0.102. The van der Waals surface area contributed by atoms with Crippen LogP contribution in [0.2, 0.25) is 10.3 Å². The van der Waals surface area contributed by atoms with E-state index in [2.05, 4.69) is 21.6 Å². The molecular weight excluding hydrogens is 297 g/mol. The molecule has 0 saturated heterocycles. The smallest absolute Gasteiger partial charge is 0.258 e. The Bertz CT molecular complexity index is 688. The van der Waals surface area contributed by atoms with E-state index in [1.54, 1.807) is 0 Å². The van der Waals surface area contributed by atoms with E-state index in [1.807, 2.05) is 12.1 Å². The molecule has 102 valence electrons. The molecule has 0 aliphatic heterocycles. The number of carbonyl (C=O) groups is 1. The third kappa shape index (κ3) is 2.62. The number of nitrogens with one attached hydrogen (secondary N) is 1. The minimum Gasteiger partial charge on any atom is -0.322 e. The maximum atomic E-state index is 12.2. The van der Waals surface area contributed by atoms with Crippen LogP contribution in [0.15, 0.2) is 24.3 Å². The fourth-order valence-electron chi connectivity index (χ4n) is 2.36. The van der Waals surface area contributed by atoms with Crippen LogP contribution in [0.4, 0.5) is 5.69 Å². The third-order valence-electron chi connectivity index (χ3n) is 3.32. The summed E-state index contributed by atoms with van der Waals surface area (Å²) < 4.78 is 0. The monoisotopic (exact) mass is 307 g/mol. The summed E-state index contributed by atoms with van der Waals surface area (Å²) in [5.74, 6) is -0.343. The van der Waals surface area contributed by atoms with Gasteiger partial charge < -0.3 is 5.32 Å². The molecule has 1 aliphatic rings. The van der Waals surface area contributed by atoms with Gasteiger partial charge in [-0.25, -0.2) is 0 Å². The highest BCUT2D eigenvalue weighted by Gasteiger charge is 2.15. The number of anilines is 1. The largest absolute Gasteiger partial charge is 0.322 e. The SMILES string of the molecule is O=C(Nc1ccc2c(c1)CCC2)c1cc(Cl)nnc1Cl. The number of aryl methyl sites for hydroxylation is 2. The molecule has 0 radical (unpaired) electrons. The highest BCUT2D eigenvalue weighted by molar-refractivity contribution is 6.34. The second-order valence-electron chi connectivity index (χ2n) is 4.66. The molecule has 1 aliphatic carbocycles. The van der Waals surface area contributed by atoms with Crippen LogP contribution in [-0.4, -0.2) is 16.1 Å². The molecule has 1 amide bonds. The van der Waals surface area contributed by atoms with Gasteiger partial charge in [-0.15, -0.1) is 10.2 Å². The number of benzene rings is 1. The maximum Gasteiger partial charge on any atom is 0.258 e. The van der Waals surface area contributed by atoms with Crippen LogP contribution in [0.3, 0.4) is 0 Å². The zero-order valence-electron chi connectivity index (χ0n) is 10.5. The molecule has 1 N–H and O–H groups in total. The number of hydrogen-bond acceptors (Lipinski definition) is 3. The summed E-state index contributed by atoms with van der Waals surface area (Å²) in [6, 6.07) is 7.35. The van der Waals surface area contributed by atoms with Crippen molar-refractivity contribution in [2.45, 2.75) is 19.3 Å². The molecule has 0 atom stereocenters. The first-order valence-corrected chi connectivity index (χ1v) is 7.01. The van der Waals surface area contributed by atoms with Crippen molar-refractivity contribution in [1.29, 1.82) is 0 Å². The van der Waals surface area contributed by atoms with Gasteiger partial charge in [-0.3, -0.25) is 4.79 Å². The van der Waals surface area contributed by atoms with Gasteiger partial charge in [0.1, 0.15) is 0 Å². The summed E-state index contributed by atoms with van der Waals surface area (Å²) in [5.41, 5.74) is 3.61. The Morgan fingerprint density at radius 1 is 1.10 bits per heavy atom. The van der Waals surface area contributed by atoms with Crippen LogP contribution in [0.5, 0.6) is 0 Å². The van der Waals surface area contributed by atoms with Gasteiger partial charge in [0.25, 0.3) is 5.91 Å². The molecule has 0 spiro atoms. The number of amides is 1. The first kappa shape index (κ1) is 13.3. The molecule has 2 aromatic rings. The van der Waals surface area contributed by atoms with Crippen LogP contribution in [-0.2, 0) is 12.8 Å². The summed E-state index contributed by atoms with van der Waals surface area (Å²) >= 11 is 11.6. The number of fused-ring (bicyclic) bond motifs is 1. The molecule has 0 saturated carbocycles. The summed E-state index contributed by atoms with van der Waals surface area (Å²) in [6.07, 6.45) is 3.34. The van der Waals surface area contributed by atoms with Crippen molar-refractivity contribution >= 4 is 34.8 Å². The summed E-state index contributed by atoms with van der Waals surface area (Å²) in [6.45, 7) is 0. The van der Waals surface area contributed by atoms with E-state index in [0.29, 0.717) is 0 Å². The van der Waals surface area contributed by atoms with E-state index in [4.69, 9.17) is 23.2 Å². The van der Waals surface area contributed by atoms with Crippen LogP contribution < -0.4 is 5.32 Å². The Morgan fingerprint density at radius 3 is 2.75 bits per heavy atom. The van der Waals surface area contributed by atoms with E-state index >= 15 is 0 Å². The van der Waals surface area contributed by atoms with Gasteiger partial charge in [0.15, 0.2) is 10.3 Å². The number of rotatable bonds is 2. The fourth-order valence-corrected chi connectivity index (χ4v) is 2.69. The Hall–Kier alpha value is -1.65. The van der Waals surface area contributed by atoms with E-state index in [0.717, 1.165) is 18.5 Å². The molecule has 0 fully saturated rings. The number of nitrogens with zero attached hydrogens (tertiary/aromatic N) is 2. The van der Waals surface area contributed by atoms with Gasteiger partial charge in [0.2, 0.25) is 0 Å². The lowest BCUT2D eigenvalue weighted by Crippen LogP contribution is -2.13. The van der Waals surface area contributed by atoms with E-state index in [9.17, 15) is 4.79 Å². The third-order valence-corrected chi connectivity index (χ3v) is 3.78. The molecule has 3 rings (SSSR count). The highest BCUT2D eigenvalue weighted by Crippen LogP contribution is 2.25. The second kappa shape index (κ2) is 5.38. The molecule has 1 aromatic heterocycles. The normalized spacial score (nSPS) is 13.1. The van der Waals surface area contributed by atoms with Gasteiger partial charge in [0, 0.05) is 5.69 Å². The van der Waals surface area contributed by atoms with Gasteiger partial charge >= 0.3 is 0 Å². The minimum atomic E-state index is -0.343. The topological polar surface area (TPSA) is 54.9 Å². The van der Waals surface area contributed by atoms with Crippen LogP contribution in [0.25, 0.3) is 0 Å². The number of carbonyl (C=O) groups excluding carboxylic acids is 1. The zero-order valence-corrected chi connectivity index (χ0v) is 12.0. The Labute approximate surface area is 126 Å². The molecule has 0 bridgehead atoms. The summed E-state index contributed by atoms with van der Waals surface area (Å²) in [4.78, 5) is 12.2. The minimum absolute atomic E-state index is 0.0352. The van der Waals surface area contributed by atoms with E-state index in [1.165, 1.54) is 23.6 Å². The van der Waals surface area contributed by atoms with Gasteiger partial charge in [-0.2, -0.15) is 0 Å². The zero-order chi connectivity index (χ0) is 14.1. The molecule has 0 unspecified atom stereocenters. The lowest BCUT2D eigenvalue weighted by atomic mass is 10.1. The number of halogens is 2. The molecular formula is C14H11Cl2N3O. The fraction of sp³-hybridized carbons (Fsp3) is 0.214. The van der Waals surface area contributed by atoms with Crippen LogP contribution in [0.1, 0.15) is 27.9 Å². The van der Waals surface area contributed by atoms with Crippen molar-refractivity contribution in [3.05, 3.63) is 51.3 Å². The van der Waals surface area contributed by atoms with Crippen molar-refractivity contribution < 1.29 is 4.79 Å². The van der Waals surface area contributed by atoms with Crippen molar-refractivity contribution in [1.82, 2.24) is 10.2 Å². The van der Waals surface area contributed by atoms with Crippen molar-refractivity contribution in [3.63, 3.8) is 0 Å². The van der Waals surface area contributed by atoms with Crippen molar-refractivity contribution in [3.8, 4) is 0 Å².